The minimum Gasteiger partial charge on any atom is -0.398 e. The number of anilines is 1. The second kappa shape index (κ2) is 5.05. The molecule has 0 saturated carbocycles. The standard InChI is InChI=1S/C11H15ClN2O3S/c1-8-7-17-5-4-14(8)18(15,16)11-6-9(12)2-3-10(11)13/h2-3,6,8H,4-5,7,13H2,1H3/t8-/m1/s1. The Morgan fingerprint density at radius 2 is 2.22 bits per heavy atom. The van der Waals surface area contributed by atoms with Gasteiger partial charge in [0.25, 0.3) is 0 Å². The van der Waals surface area contributed by atoms with Gasteiger partial charge in [-0.1, -0.05) is 11.6 Å². The van der Waals surface area contributed by atoms with E-state index in [1.807, 2.05) is 0 Å². The van der Waals surface area contributed by atoms with Crippen LogP contribution in [0.5, 0.6) is 0 Å². The second-order valence-corrected chi connectivity index (χ2v) is 6.52. The van der Waals surface area contributed by atoms with Crippen LogP contribution in [0, 0.1) is 0 Å². The van der Waals surface area contributed by atoms with Crippen molar-refractivity contribution < 1.29 is 13.2 Å². The summed E-state index contributed by atoms with van der Waals surface area (Å²) in [5, 5.41) is 0.351. The molecule has 100 valence electrons. The third-order valence-corrected chi connectivity index (χ3v) is 5.17. The van der Waals surface area contributed by atoms with Crippen LogP contribution in [0.1, 0.15) is 6.92 Å². The molecule has 0 unspecified atom stereocenters. The second-order valence-electron chi connectivity index (χ2n) is 4.22. The van der Waals surface area contributed by atoms with E-state index in [0.29, 0.717) is 24.8 Å². The fourth-order valence-electron chi connectivity index (χ4n) is 1.93. The van der Waals surface area contributed by atoms with Gasteiger partial charge in [0.2, 0.25) is 10.0 Å². The Kier molecular flexibility index (Phi) is 3.82. The lowest BCUT2D eigenvalue weighted by Gasteiger charge is -2.32. The van der Waals surface area contributed by atoms with Crippen molar-refractivity contribution in [3.63, 3.8) is 0 Å². The molecule has 2 rings (SSSR count). The summed E-state index contributed by atoms with van der Waals surface area (Å²) in [6.45, 7) is 2.91. The van der Waals surface area contributed by atoms with Crippen LogP contribution >= 0.6 is 11.6 Å². The maximum atomic E-state index is 12.5. The molecule has 7 heteroatoms. The topological polar surface area (TPSA) is 72.6 Å². The number of morpholine rings is 1. The molecule has 0 bridgehead atoms. The van der Waals surface area contributed by atoms with Crippen LogP contribution in [0.3, 0.4) is 0 Å². The van der Waals surface area contributed by atoms with Gasteiger partial charge in [0.1, 0.15) is 4.90 Å². The molecule has 1 aromatic carbocycles. The summed E-state index contributed by atoms with van der Waals surface area (Å²) >= 11 is 5.83. The maximum absolute atomic E-state index is 12.5. The fraction of sp³-hybridized carbons (Fsp3) is 0.455. The Balaban J connectivity index is 2.44. The summed E-state index contributed by atoms with van der Waals surface area (Å²) in [4.78, 5) is 0.0590. The summed E-state index contributed by atoms with van der Waals surface area (Å²) in [5.41, 5.74) is 5.94. The first kappa shape index (κ1) is 13.6. The van der Waals surface area contributed by atoms with Crippen LogP contribution < -0.4 is 5.73 Å². The lowest BCUT2D eigenvalue weighted by Crippen LogP contribution is -2.47. The van der Waals surface area contributed by atoms with Crippen molar-refractivity contribution >= 4 is 27.3 Å². The number of nitrogens with two attached hydrogens (primary N) is 1. The molecule has 1 fully saturated rings. The van der Waals surface area contributed by atoms with E-state index in [1.165, 1.54) is 16.4 Å². The maximum Gasteiger partial charge on any atom is 0.245 e. The van der Waals surface area contributed by atoms with Crippen LogP contribution in [0.25, 0.3) is 0 Å². The average Bonchev–Trinajstić information content (AvgIpc) is 2.32. The van der Waals surface area contributed by atoms with Crippen molar-refractivity contribution in [1.29, 1.82) is 0 Å². The Morgan fingerprint density at radius 1 is 1.50 bits per heavy atom. The zero-order valence-electron chi connectivity index (χ0n) is 9.97. The number of nitrogen functional groups attached to an aromatic ring is 1. The Morgan fingerprint density at radius 3 is 2.89 bits per heavy atom. The van der Waals surface area contributed by atoms with Crippen molar-refractivity contribution in [2.75, 3.05) is 25.5 Å². The Hall–Kier alpha value is -0.820. The quantitative estimate of drug-likeness (QED) is 0.834. The molecule has 0 aliphatic carbocycles. The highest BCUT2D eigenvalue weighted by atomic mass is 35.5. The number of benzene rings is 1. The van der Waals surface area contributed by atoms with Crippen LogP contribution in [0.2, 0.25) is 5.02 Å². The predicted octanol–water partition coefficient (Wildman–Crippen LogP) is 1.33. The normalized spacial score (nSPS) is 22.0. The number of halogens is 1. The fourth-order valence-corrected chi connectivity index (χ4v) is 3.91. The van der Waals surface area contributed by atoms with E-state index in [0.717, 1.165) is 0 Å². The van der Waals surface area contributed by atoms with Crippen molar-refractivity contribution in [3.05, 3.63) is 23.2 Å². The molecule has 1 aliphatic heterocycles. The van der Waals surface area contributed by atoms with Crippen LogP contribution in [-0.2, 0) is 14.8 Å². The molecule has 0 amide bonds. The minimum atomic E-state index is -3.62. The Labute approximate surface area is 112 Å². The molecule has 5 nitrogen and oxygen atoms in total. The van der Waals surface area contributed by atoms with Crippen molar-refractivity contribution in [3.8, 4) is 0 Å². The molecule has 0 spiro atoms. The predicted molar refractivity (Wildman–Crippen MR) is 70.0 cm³/mol. The molecule has 1 saturated heterocycles. The minimum absolute atomic E-state index is 0.0590. The van der Waals surface area contributed by atoms with Crippen LogP contribution in [0.4, 0.5) is 5.69 Å². The van der Waals surface area contributed by atoms with Gasteiger partial charge in [-0.15, -0.1) is 0 Å². The number of sulfonamides is 1. The first-order chi connectivity index (χ1) is 8.43. The molecule has 2 N–H and O–H groups in total. The number of ether oxygens (including phenoxy) is 1. The zero-order valence-corrected chi connectivity index (χ0v) is 11.5. The third-order valence-electron chi connectivity index (χ3n) is 2.87. The van der Waals surface area contributed by atoms with E-state index in [9.17, 15) is 8.42 Å². The summed E-state index contributed by atoms with van der Waals surface area (Å²) < 4.78 is 31.6. The molecule has 1 heterocycles. The van der Waals surface area contributed by atoms with Gasteiger partial charge in [-0.05, 0) is 25.1 Å². The van der Waals surface area contributed by atoms with Crippen molar-refractivity contribution in [2.45, 2.75) is 17.9 Å². The first-order valence-corrected chi connectivity index (χ1v) is 7.39. The van der Waals surface area contributed by atoms with Gasteiger partial charge in [-0.25, -0.2) is 8.42 Å². The zero-order chi connectivity index (χ0) is 13.3. The van der Waals surface area contributed by atoms with E-state index in [4.69, 9.17) is 22.1 Å². The molecular formula is C11H15ClN2O3S. The summed E-state index contributed by atoms with van der Waals surface area (Å²) in [6, 6.07) is 4.25. The number of hydrogen-bond acceptors (Lipinski definition) is 4. The van der Waals surface area contributed by atoms with E-state index in [1.54, 1.807) is 13.0 Å². The van der Waals surface area contributed by atoms with Gasteiger partial charge < -0.3 is 10.5 Å². The highest BCUT2D eigenvalue weighted by Gasteiger charge is 2.32. The van der Waals surface area contributed by atoms with Gasteiger partial charge in [-0.2, -0.15) is 4.31 Å². The first-order valence-electron chi connectivity index (χ1n) is 5.57. The van der Waals surface area contributed by atoms with Crippen molar-refractivity contribution in [2.24, 2.45) is 0 Å². The smallest absolute Gasteiger partial charge is 0.245 e. The number of rotatable bonds is 2. The molecular weight excluding hydrogens is 276 g/mol. The van der Waals surface area contributed by atoms with Gasteiger partial charge in [0.05, 0.1) is 18.9 Å². The van der Waals surface area contributed by atoms with Gasteiger partial charge in [-0.3, -0.25) is 0 Å². The highest BCUT2D eigenvalue weighted by Crippen LogP contribution is 2.27. The number of hydrogen-bond donors (Lipinski definition) is 1. The van der Waals surface area contributed by atoms with Crippen molar-refractivity contribution in [1.82, 2.24) is 4.31 Å². The lowest BCUT2D eigenvalue weighted by atomic mass is 10.3. The number of nitrogens with zero attached hydrogens (tertiary/aromatic N) is 1. The highest BCUT2D eigenvalue weighted by molar-refractivity contribution is 7.89. The monoisotopic (exact) mass is 290 g/mol. The van der Waals surface area contributed by atoms with Crippen LogP contribution in [-0.4, -0.2) is 38.5 Å². The molecule has 0 aromatic heterocycles. The van der Waals surface area contributed by atoms with Gasteiger partial charge >= 0.3 is 0 Å². The largest absolute Gasteiger partial charge is 0.398 e. The summed E-state index contributed by atoms with van der Waals surface area (Å²) in [6.07, 6.45) is 0. The van der Waals surface area contributed by atoms with Crippen LogP contribution in [0.15, 0.2) is 23.1 Å². The summed E-state index contributed by atoms with van der Waals surface area (Å²) in [7, 11) is -3.62. The molecule has 1 aliphatic rings. The average molecular weight is 291 g/mol. The van der Waals surface area contributed by atoms with E-state index >= 15 is 0 Å². The lowest BCUT2D eigenvalue weighted by molar-refractivity contribution is 0.0393. The van der Waals surface area contributed by atoms with Gasteiger partial charge in [0, 0.05) is 17.6 Å². The molecule has 1 aromatic rings. The third kappa shape index (κ3) is 2.47. The Bertz CT molecular complexity index is 547. The van der Waals surface area contributed by atoms with Gasteiger partial charge in [0.15, 0.2) is 0 Å². The molecule has 0 radical (unpaired) electrons. The summed E-state index contributed by atoms with van der Waals surface area (Å²) in [5.74, 6) is 0. The van der Waals surface area contributed by atoms with E-state index in [2.05, 4.69) is 0 Å². The van der Waals surface area contributed by atoms with E-state index in [-0.39, 0.29) is 16.6 Å². The van der Waals surface area contributed by atoms with E-state index < -0.39 is 10.0 Å². The molecule has 1 atom stereocenters. The molecule has 18 heavy (non-hydrogen) atoms. The SMILES string of the molecule is C[C@@H]1COCCN1S(=O)(=O)c1cc(Cl)ccc1N.